The zero-order valence-electron chi connectivity index (χ0n) is 16.4. The Hall–Kier alpha value is -3.35. The lowest BCUT2D eigenvalue weighted by Gasteiger charge is -2.04. The second-order valence-corrected chi connectivity index (χ2v) is 8.10. The van der Waals surface area contributed by atoms with Gasteiger partial charge in [0.25, 0.3) is 0 Å². The van der Waals surface area contributed by atoms with E-state index in [1.807, 2.05) is 48.5 Å². The van der Waals surface area contributed by atoms with E-state index >= 15 is 0 Å². The van der Waals surface area contributed by atoms with Gasteiger partial charge < -0.3 is 9.25 Å². The number of halogens is 1. The van der Waals surface area contributed by atoms with Crippen molar-refractivity contribution in [2.24, 2.45) is 5.16 Å². The Morgan fingerprint density at radius 3 is 2.13 bits per heavy atom. The summed E-state index contributed by atoms with van der Waals surface area (Å²) in [5, 5.41) is 4.56. The zero-order chi connectivity index (χ0) is 21.8. The summed E-state index contributed by atoms with van der Waals surface area (Å²) >= 11 is 7.56. The highest BCUT2D eigenvalue weighted by Gasteiger charge is 2.14. The summed E-state index contributed by atoms with van der Waals surface area (Å²) < 4.78 is 5.67. The van der Waals surface area contributed by atoms with Crippen LogP contribution < -0.4 is 0 Å². The fourth-order valence-electron chi connectivity index (χ4n) is 2.86. The van der Waals surface area contributed by atoms with Crippen LogP contribution in [-0.2, 0) is 9.63 Å². The molecule has 5 nitrogen and oxygen atoms in total. The number of rotatable bonds is 6. The van der Waals surface area contributed by atoms with Crippen LogP contribution in [-0.4, -0.2) is 16.9 Å². The van der Waals surface area contributed by atoms with Crippen LogP contribution in [0.5, 0.6) is 0 Å². The average Bonchev–Trinajstić information content (AvgIpc) is 3.22. The molecule has 0 spiro atoms. The molecule has 3 aromatic carbocycles. The number of furan rings is 1. The van der Waals surface area contributed by atoms with Crippen LogP contribution in [0, 0.1) is 0 Å². The molecular formula is C24H16ClNO4S. The SMILES string of the molecule is CC(=O)ON=C(Cl)c1ccc(Sc2ccc(C(=O)c3cc4ccccc4o3)cc2)cc1. The summed E-state index contributed by atoms with van der Waals surface area (Å²) in [6, 6.07) is 24.0. The van der Waals surface area contributed by atoms with Gasteiger partial charge in [0.2, 0.25) is 5.78 Å². The summed E-state index contributed by atoms with van der Waals surface area (Å²) in [6.45, 7) is 1.25. The average molecular weight is 450 g/mol. The van der Waals surface area contributed by atoms with Crippen molar-refractivity contribution in [2.75, 3.05) is 0 Å². The van der Waals surface area contributed by atoms with Gasteiger partial charge in [-0.15, -0.1) is 0 Å². The number of carbonyl (C=O) groups is 2. The highest BCUT2D eigenvalue weighted by atomic mass is 35.5. The molecule has 154 valence electrons. The molecule has 0 radical (unpaired) electrons. The lowest BCUT2D eigenvalue weighted by atomic mass is 10.1. The summed E-state index contributed by atoms with van der Waals surface area (Å²) in [6.07, 6.45) is 0. The van der Waals surface area contributed by atoms with E-state index in [4.69, 9.17) is 16.0 Å². The van der Waals surface area contributed by atoms with E-state index < -0.39 is 5.97 Å². The molecule has 31 heavy (non-hydrogen) atoms. The smallest absolute Gasteiger partial charge is 0.332 e. The highest BCUT2D eigenvalue weighted by molar-refractivity contribution is 7.99. The predicted octanol–water partition coefficient (Wildman–Crippen LogP) is 6.28. The Labute approximate surface area is 187 Å². The van der Waals surface area contributed by atoms with Crippen molar-refractivity contribution < 1.29 is 18.8 Å². The molecule has 0 saturated heterocycles. The Kier molecular flexibility index (Phi) is 6.21. The van der Waals surface area contributed by atoms with Gasteiger partial charge in [0, 0.05) is 33.2 Å². The first-order valence-corrected chi connectivity index (χ1v) is 10.5. The number of fused-ring (bicyclic) bond motifs is 1. The molecule has 0 aliphatic heterocycles. The highest BCUT2D eigenvalue weighted by Crippen LogP contribution is 2.29. The number of nitrogens with zero attached hydrogens (tertiary/aromatic N) is 1. The molecule has 0 fully saturated rings. The molecule has 4 rings (SSSR count). The maximum absolute atomic E-state index is 12.7. The van der Waals surface area contributed by atoms with Crippen LogP contribution >= 0.6 is 23.4 Å². The number of benzene rings is 3. The monoisotopic (exact) mass is 449 g/mol. The maximum Gasteiger partial charge on any atom is 0.332 e. The minimum Gasteiger partial charge on any atom is -0.453 e. The number of ketones is 1. The van der Waals surface area contributed by atoms with E-state index in [1.165, 1.54) is 6.92 Å². The van der Waals surface area contributed by atoms with Crippen molar-refractivity contribution in [3.05, 3.63) is 95.7 Å². The minimum absolute atomic E-state index is 0.0974. The Balaban J connectivity index is 1.44. The Bertz CT molecular complexity index is 1240. The molecule has 0 amide bonds. The van der Waals surface area contributed by atoms with Gasteiger partial charge in [0.15, 0.2) is 10.9 Å². The number of hydrogen-bond donors (Lipinski definition) is 0. The van der Waals surface area contributed by atoms with E-state index in [2.05, 4.69) is 9.99 Å². The first-order chi connectivity index (χ1) is 15.0. The van der Waals surface area contributed by atoms with Crippen LogP contribution in [0.15, 0.2) is 98.2 Å². The fraction of sp³-hybridized carbons (Fsp3) is 0.0417. The van der Waals surface area contributed by atoms with Crippen LogP contribution in [0.4, 0.5) is 0 Å². The molecule has 0 N–H and O–H groups in total. The molecule has 0 bridgehead atoms. The van der Waals surface area contributed by atoms with Gasteiger partial charge in [-0.2, -0.15) is 0 Å². The number of para-hydroxylation sites is 1. The largest absolute Gasteiger partial charge is 0.453 e. The van der Waals surface area contributed by atoms with E-state index in [0.717, 1.165) is 15.2 Å². The predicted molar refractivity (Wildman–Crippen MR) is 121 cm³/mol. The molecule has 0 aliphatic carbocycles. The lowest BCUT2D eigenvalue weighted by Crippen LogP contribution is -1.98. The summed E-state index contributed by atoms with van der Waals surface area (Å²) in [4.78, 5) is 30.0. The Morgan fingerprint density at radius 2 is 1.52 bits per heavy atom. The number of carbonyl (C=O) groups excluding carboxylic acids is 2. The van der Waals surface area contributed by atoms with Gasteiger partial charge in [-0.25, -0.2) is 4.79 Å². The van der Waals surface area contributed by atoms with Gasteiger partial charge in [-0.05, 0) is 48.5 Å². The van der Waals surface area contributed by atoms with Crippen molar-refractivity contribution in [1.29, 1.82) is 0 Å². The first kappa shape index (κ1) is 20.9. The third-order valence-corrected chi connectivity index (χ3v) is 5.65. The standard InChI is InChI=1S/C24H16ClNO4S/c1-15(27)30-26-24(25)17-8-12-20(13-9-17)31-19-10-6-16(7-11-19)23(28)22-14-18-4-2-3-5-21(18)29-22/h2-14H,1H3. The zero-order valence-corrected chi connectivity index (χ0v) is 17.9. The van der Waals surface area contributed by atoms with E-state index in [0.29, 0.717) is 22.5 Å². The number of hydrogen-bond acceptors (Lipinski definition) is 6. The molecule has 1 heterocycles. The van der Waals surface area contributed by atoms with E-state index in [1.54, 1.807) is 42.1 Å². The molecule has 1 aromatic heterocycles. The summed E-state index contributed by atoms with van der Waals surface area (Å²) in [5.41, 5.74) is 1.89. The van der Waals surface area contributed by atoms with Gasteiger partial charge >= 0.3 is 5.97 Å². The van der Waals surface area contributed by atoms with E-state index in [9.17, 15) is 9.59 Å². The Morgan fingerprint density at radius 1 is 0.903 bits per heavy atom. The molecular weight excluding hydrogens is 434 g/mol. The van der Waals surface area contributed by atoms with Crippen LogP contribution in [0.3, 0.4) is 0 Å². The van der Waals surface area contributed by atoms with Crippen molar-refractivity contribution in [1.82, 2.24) is 0 Å². The third-order valence-electron chi connectivity index (χ3n) is 4.35. The van der Waals surface area contributed by atoms with Crippen molar-refractivity contribution >= 4 is 51.3 Å². The number of oxime groups is 1. The van der Waals surface area contributed by atoms with Crippen LogP contribution in [0.1, 0.15) is 28.6 Å². The van der Waals surface area contributed by atoms with Crippen molar-refractivity contribution in [3.8, 4) is 0 Å². The topological polar surface area (TPSA) is 68.9 Å². The van der Waals surface area contributed by atoms with Gasteiger partial charge in [0.05, 0.1) is 0 Å². The fourth-order valence-corrected chi connectivity index (χ4v) is 3.84. The molecule has 4 aromatic rings. The van der Waals surface area contributed by atoms with E-state index in [-0.39, 0.29) is 11.0 Å². The van der Waals surface area contributed by atoms with Crippen LogP contribution in [0.25, 0.3) is 11.0 Å². The molecule has 7 heteroatoms. The van der Waals surface area contributed by atoms with Crippen LogP contribution in [0.2, 0.25) is 0 Å². The second kappa shape index (κ2) is 9.20. The van der Waals surface area contributed by atoms with Gasteiger partial charge in [-0.3, -0.25) is 4.79 Å². The molecule has 0 aliphatic rings. The normalized spacial score (nSPS) is 11.5. The second-order valence-electron chi connectivity index (χ2n) is 6.59. The first-order valence-electron chi connectivity index (χ1n) is 9.32. The minimum atomic E-state index is -0.535. The maximum atomic E-state index is 12.7. The quantitative estimate of drug-likeness (QED) is 0.150. The van der Waals surface area contributed by atoms with Gasteiger partial charge in [0.1, 0.15) is 5.58 Å². The summed E-state index contributed by atoms with van der Waals surface area (Å²) in [7, 11) is 0. The summed E-state index contributed by atoms with van der Waals surface area (Å²) in [5.74, 6) is -0.365. The molecule has 0 unspecified atom stereocenters. The molecule has 0 saturated carbocycles. The van der Waals surface area contributed by atoms with Crippen molar-refractivity contribution in [3.63, 3.8) is 0 Å². The van der Waals surface area contributed by atoms with Gasteiger partial charge in [-0.1, -0.05) is 58.9 Å². The third kappa shape index (κ3) is 5.05. The lowest BCUT2D eigenvalue weighted by molar-refractivity contribution is -0.140. The molecule has 0 atom stereocenters. The van der Waals surface area contributed by atoms with Crippen molar-refractivity contribution in [2.45, 2.75) is 16.7 Å².